The third-order valence-corrected chi connectivity index (χ3v) is 2.64. The van der Waals surface area contributed by atoms with Gasteiger partial charge in [-0.15, -0.1) is 0 Å². The summed E-state index contributed by atoms with van der Waals surface area (Å²) in [4.78, 5) is 0. The molecule has 1 atom stereocenters. The Hall–Kier alpha value is 0.440. The minimum atomic E-state index is -2.72. The van der Waals surface area contributed by atoms with Gasteiger partial charge in [-0.05, 0) is 6.42 Å². The van der Waals surface area contributed by atoms with Crippen LogP contribution in [-0.2, 0) is 0 Å². The minimum Gasteiger partial charge on any atom is -0.241 e. The zero-order valence-electron chi connectivity index (χ0n) is 8.54. The fourth-order valence-corrected chi connectivity index (χ4v) is 1.49. The molecule has 4 heteroatoms. The molecule has 0 nitrogen and oxygen atoms in total. The van der Waals surface area contributed by atoms with Crippen molar-refractivity contribution in [1.82, 2.24) is 0 Å². The highest BCUT2D eigenvalue weighted by molar-refractivity contribution is 6.47. The molecular formula is C10H18Cl2F2. The van der Waals surface area contributed by atoms with Crippen molar-refractivity contribution in [3.05, 3.63) is 0 Å². The van der Waals surface area contributed by atoms with Gasteiger partial charge in [-0.1, -0.05) is 68.7 Å². The largest absolute Gasteiger partial charge is 0.288 e. The Labute approximate surface area is 95.0 Å². The summed E-state index contributed by atoms with van der Waals surface area (Å²) in [5, 5.41) is 0. The van der Waals surface area contributed by atoms with E-state index in [-0.39, 0.29) is 6.42 Å². The quantitative estimate of drug-likeness (QED) is 0.409. The Balaban J connectivity index is 3.28. The molecule has 0 spiro atoms. The predicted molar refractivity (Wildman–Crippen MR) is 58.4 cm³/mol. The van der Waals surface area contributed by atoms with E-state index in [1.807, 2.05) is 0 Å². The molecule has 0 fully saturated rings. The Morgan fingerprint density at radius 2 is 1.57 bits per heavy atom. The highest BCUT2D eigenvalue weighted by Crippen LogP contribution is 2.32. The molecule has 0 aromatic heterocycles. The lowest BCUT2D eigenvalue weighted by Gasteiger charge is -2.14. The van der Waals surface area contributed by atoms with Gasteiger partial charge < -0.3 is 0 Å². The maximum absolute atomic E-state index is 12.8. The van der Waals surface area contributed by atoms with E-state index in [1.165, 1.54) is 12.8 Å². The van der Waals surface area contributed by atoms with Gasteiger partial charge in [0, 0.05) is 0 Å². The summed E-state index contributed by atoms with van der Waals surface area (Å²) in [6, 6.07) is 0. The molecule has 86 valence electrons. The molecule has 0 N–H and O–H groups in total. The summed E-state index contributed by atoms with van der Waals surface area (Å²) < 4.78 is 22.7. The van der Waals surface area contributed by atoms with E-state index in [0.717, 1.165) is 19.3 Å². The number of hydrogen-bond donors (Lipinski definition) is 0. The lowest BCUT2D eigenvalue weighted by atomic mass is 10.1. The molecule has 0 aromatic rings. The first-order valence-corrected chi connectivity index (χ1v) is 5.95. The fraction of sp³-hybridized carbons (Fsp3) is 1.00. The van der Waals surface area contributed by atoms with E-state index in [4.69, 9.17) is 23.2 Å². The first-order chi connectivity index (χ1) is 6.48. The van der Waals surface area contributed by atoms with Crippen LogP contribution in [0.3, 0.4) is 0 Å². The van der Waals surface area contributed by atoms with Gasteiger partial charge in [-0.3, -0.25) is 0 Å². The molecule has 0 aliphatic heterocycles. The molecule has 0 saturated heterocycles. The third-order valence-electron chi connectivity index (χ3n) is 2.17. The van der Waals surface area contributed by atoms with E-state index >= 15 is 0 Å². The highest BCUT2D eigenvalue weighted by Gasteiger charge is 2.34. The smallest absolute Gasteiger partial charge is 0.241 e. The fourth-order valence-electron chi connectivity index (χ4n) is 1.27. The van der Waals surface area contributed by atoms with E-state index in [1.54, 1.807) is 0 Å². The standard InChI is InChI=1S/C10H18Cl2F2/c1-2-3-4-5-6-7-8-9(13)10(11,12)14/h9H,2-8H2,1H3. The first-order valence-electron chi connectivity index (χ1n) is 5.19. The summed E-state index contributed by atoms with van der Waals surface area (Å²) in [6.45, 7) is 2.13. The number of hydrogen-bond acceptors (Lipinski definition) is 0. The molecule has 0 aliphatic carbocycles. The molecule has 1 unspecified atom stereocenters. The van der Waals surface area contributed by atoms with Gasteiger partial charge in [0.15, 0.2) is 6.17 Å². The molecule has 0 radical (unpaired) electrons. The Kier molecular flexibility index (Phi) is 7.94. The summed E-state index contributed by atoms with van der Waals surface area (Å²) in [5.41, 5.74) is 0. The zero-order valence-corrected chi connectivity index (χ0v) is 10.1. The molecule has 14 heavy (non-hydrogen) atoms. The summed E-state index contributed by atoms with van der Waals surface area (Å²) in [6.07, 6.45) is 4.54. The Bertz CT molecular complexity index is 135. The summed E-state index contributed by atoms with van der Waals surface area (Å²) >= 11 is 9.94. The highest BCUT2D eigenvalue weighted by atomic mass is 35.5. The normalized spacial score (nSPS) is 14.4. The van der Waals surface area contributed by atoms with Crippen molar-refractivity contribution in [2.75, 3.05) is 0 Å². The molecule has 0 aliphatic rings. The van der Waals surface area contributed by atoms with Crippen LogP contribution in [0.15, 0.2) is 0 Å². The minimum absolute atomic E-state index is 0.107. The van der Waals surface area contributed by atoms with Crippen LogP contribution in [0, 0.1) is 0 Å². The van der Waals surface area contributed by atoms with Crippen molar-refractivity contribution >= 4 is 23.2 Å². The van der Waals surface area contributed by atoms with Gasteiger partial charge in [0.1, 0.15) is 0 Å². The summed E-state index contributed by atoms with van der Waals surface area (Å²) in [5.74, 6) is 0. The topological polar surface area (TPSA) is 0 Å². The first kappa shape index (κ1) is 14.4. The summed E-state index contributed by atoms with van der Waals surface area (Å²) in [7, 11) is 0. The van der Waals surface area contributed by atoms with Crippen molar-refractivity contribution < 1.29 is 8.78 Å². The Morgan fingerprint density at radius 1 is 1.07 bits per heavy atom. The van der Waals surface area contributed by atoms with Gasteiger partial charge in [-0.2, -0.15) is 0 Å². The number of alkyl halides is 4. The van der Waals surface area contributed by atoms with E-state index in [9.17, 15) is 8.78 Å². The van der Waals surface area contributed by atoms with Crippen LogP contribution < -0.4 is 0 Å². The average molecular weight is 247 g/mol. The van der Waals surface area contributed by atoms with Crippen LogP contribution in [-0.4, -0.2) is 10.8 Å². The van der Waals surface area contributed by atoms with Crippen molar-refractivity contribution in [3.63, 3.8) is 0 Å². The third kappa shape index (κ3) is 7.81. The van der Waals surface area contributed by atoms with Gasteiger partial charge >= 0.3 is 0 Å². The van der Waals surface area contributed by atoms with Crippen LogP contribution in [0.2, 0.25) is 0 Å². The SMILES string of the molecule is CCCCCCCCC(F)C(F)(Cl)Cl. The number of unbranched alkanes of at least 4 members (excludes halogenated alkanes) is 5. The van der Waals surface area contributed by atoms with E-state index in [2.05, 4.69) is 6.92 Å². The molecule has 0 saturated carbocycles. The lowest BCUT2D eigenvalue weighted by Crippen LogP contribution is -2.21. The van der Waals surface area contributed by atoms with Crippen LogP contribution in [0.1, 0.15) is 51.9 Å². The van der Waals surface area contributed by atoms with Gasteiger partial charge in [-0.25, -0.2) is 8.78 Å². The van der Waals surface area contributed by atoms with Crippen LogP contribution >= 0.6 is 23.2 Å². The molecule has 0 aromatic carbocycles. The second-order valence-electron chi connectivity index (χ2n) is 3.57. The maximum Gasteiger partial charge on any atom is 0.288 e. The molecule has 0 rings (SSSR count). The molecule has 0 amide bonds. The van der Waals surface area contributed by atoms with Crippen molar-refractivity contribution in [3.8, 4) is 0 Å². The predicted octanol–water partition coefficient (Wildman–Crippen LogP) is 5.18. The van der Waals surface area contributed by atoms with Crippen molar-refractivity contribution in [1.29, 1.82) is 0 Å². The van der Waals surface area contributed by atoms with Gasteiger partial charge in [0.25, 0.3) is 4.59 Å². The molecule has 0 heterocycles. The van der Waals surface area contributed by atoms with Crippen LogP contribution in [0.5, 0.6) is 0 Å². The van der Waals surface area contributed by atoms with Crippen LogP contribution in [0.25, 0.3) is 0 Å². The van der Waals surface area contributed by atoms with Crippen LogP contribution in [0.4, 0.5) is 8.78 Å². The average Bonchev–Trinajstić information content (AvgIpc) is 2.09. The molecule has 0 bridgehead atoms. The van der Waals surface area contributed by atoms with Gasteiger partial charge in [0.2, 0.25) is 0 Å². The van der Waals surface area contributed by atoms with E-state index in [0.29, 0.717) is 6.42 Å². The monoisotopic (exact) mass is 246 g/mol. The van der Waals surface area contributed by atoms with Crippen molar-refractivity contribution in [2.24, 2.45) is 0 Å². The second-order valence-corrected chi connectivity index (χ2v) is 4.86. The number of halogens is 4. The number of rotatable bonds is 8. The van der Waals surface area contributed by atoms with E-state index < -0.39 is 10.8 Å². The second kappa shape index (κ2) is 7.70. The Morgan fingerprint density at radius 3 is 2.07 bits per heavy atom. The van der Waals surface area contributed by atoms with Crippen molar-refractivity contribution in [2.45, 2.75) is 62.6 Å². The lowest BCUT2D eigenvalue weighted by molar-refractivity contribution is 0.183. The van der Waals surface area contributed by atoms with Gasteiger partial charge in [0.05, 0.1) is 0 Å². The zero-order chi connectivity index (χ0) is 11.0. The molecular weight excluding hydrogens is 229 g/mol. The maximum atomic E-state index is 12.8.